The molecule has 0 amide bonds. The molecular weight excluding hydrogens is 393 g/mol. The number of carbonyl (C=O) groups is 2. The predicted octanol–water partition coefficient (Wildman–Crippen LogP) is -1.19. The number of hydrogen-bond acceptors (Lipinski definition) is 4. The fourth-order valence-electron chi connectivity index (χ4n) is 0.385. The van der Waals surface area contributed by atoms with Crippen LogP contribution in [0, 0.1) is 0 Å². The van der Waals surface area contributed by atoms with E-state index in [-0.39, 0.29) is 51.1 Å². The topological polar surface area (TPSA) is 127 Å². The average Bonchev–Trinajstić information content (AvgIpc) is 2.11. The first-order valence-electron chi connectivity index (χ1n) is 3.66. The van der Waals surface area contributed by atoms with Gasteiger partial charge >= 0.3 is 92.2 Å². The monoisotopic (exact) mass is 408 g/mol. The first-order chi connectivity index (χ1) is 6.45. The summed E-state index contributed by atoms with van der Waals surface area (Å²) in [5.74, 6) is -2.02. The van der Waals surface area contributed by atoms with Crippen LogP contribution in [0.25, 0.3) is 0 Å². The second kappa shape index (κ2) is 11.9. The van der Waals surface area contributed by atoms with E-state index in [1.54, 1.807) is 0 Å². The van der Waals surface area contributed by atoms with E-state index in [0.717, 1.165) is 0 Å². The third-order valence-electron chi connectivity index (χ3n) is 1.21. The van der Waals surface area contributed by atoms with Crippen molar-refractivity contribution in [2.75, 3.05) is 0 Å². The summed E-state index contributed by atoms with van der Waals surface area (Å²) in [5.41, 5.74) is 10.5. The first kappa shape index (κ1) is 21.7. The van der Waals surface area contributed by atoms with Crippen LogP contribution in [0.5, 0.6) is 0 Å². The minimum atomic E-state index is -1.01. The molecule has 16 heavy (non-hydrogen) atoms. The number of carboxylic acids is 2. The Morgan fingerprint density at radius 2 is 1.19 bits per heavy atom. The molecule has 0 aliphatic rings. The van der Waals surface area contributed by atoms with E-state index < -0.39 is 24.0 Å². The summed E-state index contributed by atoms with van der Waals surface area (Å²) >= 11 is 0.218. The van der Waals surface area contributed by atoms with E-state index in [9.17, 15) is 9.59 Å². The van der Waals surface area contributed by atoms with Crippen molar-refractivity contribution < 1.29 is 19.8 Å². The van der Waals surface area contributed by atoms with Gasteiger partial charge in [0.15, 0.2) is 0 Å². The second-order valence-electron chi connectivity index (χ2n) is 2.46. The first-order valence-corrected chi connectivity index (χ1v) is 10.4. The van der Waals surface area contributed by atoms with Gasteiger partial charge in [-0.1, -0.05) is 0 Å². The van der Waals surface area contributed by atoms with Gasteiger partial charge in [-0.2, -0.15) is 0 Å². The molecule has 0 spiro atoms. The van der Waals surface area contributed by atoms with Crippen LogP contribution >= 0.6 is 24.8 Å². The standard InChI is InChI=1S/C6H12N2O4Se2.2ClH/c7-3(5(9)10)1-13-14-2-4(8)6(11)12;;/h3-4H,1-2,7-8H2,(H,9,10)(H,11,12);2*1H. The van der Waals surface area contributed by atoms with Crippen molar-refractivity contribution in [3.05, 3.63) is 0 Å². The Bertz CT molecular complexity index is 201. The Labute approximate surface area is 117 Å². The molecule has 0 aromatic carbocycles. The molecule has 0 saturated carbocycles. The molecule has 0 bridgehead atoms. The van der Waals surface area contributed by atoms with Crippen LogP contribution in [0.4, 0.5) is 0 Å². The molecule has 0 radical (unpaired) electrons. The van der Waals surface area contributed by atoms with Crippen molar-refractivity contribution in [2.24, 2.45) is 11.5 Å². The van der Waals surface area contributed by atoms with E-state index in [1.807, 2.05) is 0 Å². The molecule has 2 unspecified atom stereocenters. The Balaban J connectivity index is -0.000000845. The normalized spacial score (nSPS) is 12.9. The van der Waals surface area contributed by atoms with Crippen molar-refractivity contribution in [1.29, 1.82) is 0 Å². The third kappa shape index (κ3) is 11.0. The summed E-state index contributed by atoms with van der Waals surface area (Å²) < 4.78 is 0. The molecule has 2 atom stereocenters. The Morgan fingerprint density at radius 1 is 0.938 bits per heavy atom. The molecule has 98 valence electrons. The zero-order chi connectivity index (χ0) is 11.1. The van der Waals surface area contributed by atoms with Crippen molar-refractivity contribution >= 4 is 63.0 Å². The van der Waals surface area contributed by atoms with E-state index >= 15 is 0 Å². The number of aliphatic carboxylic acids is 2. The molecule has 0 aromatic rings. The van der Waals surface area contributed by atoms with Crippen LogP contribution in [-0.2, 0) is 9.59 Å². The maximum absolute atomic E-state index is 10.3. The minimum absolute atomic E-state index is 0. The van der Waals surface area contributed by atoms with Gasteiger partial charge in [-0.3, -0.25) is 0 Å². The van der Waals surface area contributed by atoms with Crippen LogP contribution in [0.1, 0.15) is 0 Å². The van der Waals surface area contributed by atoms with Crippen LogP contribution in [0.15, 0.2) is 0 Å². The van der Waals surface area contributed by atoms with E-state index in [0.29, 0.717) is 10.6 Å². The Morgan fingerprint density at radius 3 is 1.38 bits per heavy atom. The van der Waals surface area contributed by atoms with Gasteiger partial charge in [0.2, 0.25) is 0 Å². The number of carboxylic acid groups (broad SMARTS) is 2. The molecule has 0 saturated heterocycles. The number of halogens is 2. The van der Waals surface area contributed by atoms with Gasteiger partial charge in [-0.05, 0) is 0 Å². The van der Waals surface area contributed by atoms with Gasteiger partial charge in [-0.15, -0.1) is 24.8 Å². The van der Waals surface area contributed by atoms with Crippen molar-refractivity contribution in [2.45, 2.75) is 22.7 Å². The number of hydrogen-bond donors (Lipinski definition) is 4. The quantitative estimate of drug-likeness (QED) is 0.311. The molecular formula is C6H14Cl2N2O4Se2. The summed E-state index contributed by atoms with van der Waals surface area (Å²) in [6, 6.07) is -1.64. The van der Waals surface area contributed by atoms with Gasteiger partial charge in [-0.25, -0.2) is 0 Å². The molecule has 6 N–H and O–H groups in total. The fraction of sp³-hybridized carbons (Fsp3) is 0.667. The zero-order valence-corrected chi connectivity index (χ0v) is 13.1. The molecule has 0 aromatic heterocycles. The van der Waals surface area contributed by atoms with E-state index in [2.05, 4.69) is 0 Å². The van der Waals surface area contributed by atoms with Crippen molar-refractivity contribution in [3.63, 3.8) is 0 Å². The Kier molecular flexibility index (Phi) is 16.2. The van der Waals surface area contributed by atoms with Gasteiger partial charge in [0.1, 0.15) is 0 Å². The maximum atomic E-state index is 10.3. The van der Waals surface area contributed by atoms with Gasteiger partial charge < -0.3 is 0 Å². The molecule has 0 heterocycles. The summed E-state index contributed by atoms with van der Waals surface area (Å²) in [6.45, 7) is 0. The molecule has 6 nitrogen and oxygen atoms in total. The molecule has 0 fully saturated rings. The van der Waals surface area contributed by atoms with Gasteiger partial charge in [0.05, 0.1) is 0 Å². The summed E-state index contributed by atoms with van der Waals surface area (Å²) in [6.07, 6.45) is 0. The van der Waals surface area contributed by atoms with Crippen molar-refractivity contribution in [3.8, 4) is 0 Å². The molecule has 0 aliphatic carbocycles. The van der Waals surface area contributed by atoms with Crippen molar-refractivity contribution in [1.82, 2.24) is 0 Å². The molecule has 0 rings (SSSR count). The molecule has 0 aliphatic heterocycles. The summed E-state index contributed by atoms with van der Waals surface area (Å²) in [5, 5.41) is 17.8. The third-order valence-corrected chi connectivity index (χ3v) is 8.42. The molecule has 10 heteroatoms. The van der Waals surface area contributed by atoms with Gasteiger partial charge in [0.25, 0.3) is 0 Å². The van der Waals surface area contributed by atoms with Crippen LogP contribution < -0.4 is 11.5 Å². The second-order valence-corrected chi connectivity index (χ2v) is 9.99. The van der Waals surface area contributed by atoms with Crippen LogP contribution in [0.2, 0.25) is 10.6 Å². The predicted molar refractivity (Wildman–Crippen MR) is 66.8 cm³/mol. The number of rotatable bonds is 7. The number of nitrogens with two attached hydrogens (primary N) is 2. The average molecular weight is 407 g/mol. The van der Waals surface area contributed by atoms with E-state index in [4.69, 9.17) is 21.7 Å². The van der Waals surface area contributed by atoms with Crippen LogP contribution in [-0.4, -0.2) is 60.5 Å². The van der Waals surface area contributed by atoms with E-state index in [1.165, 1.54) is 0 Å². The van der Waals surface area contributed by atoms with Gasteiger partial charge in [0, 0.05) is 0 Å². The Hall–Kier alpha value is 0.479. The fourth-order valence-corrected chi connectivity index (χ4v) is 7.30. The SMILES string of the molecule is Cl.Cl.NC(C[Se][Se]CC(N)C(=O)O)C(=O)O. The zero-order valence-electron chi connectivity index (χ0n) is 8.07. The summed E-state index contributed by atoms with van der Waals surface area (Å²) in [7, 11) is 0. The van der Waals surface area contributed by atoms with Crippen LogP contribution in [0.3, 0.4) is 0 Å². The summed E-state index contributed by atoms with van der Waals surface area (Å²) in [4.78, 5) is 20.6.